The Labute approximate surface area is 34.1 Å². The molecule has 0 atom stereocenters. The summed E-state index contributed by atoms with van der Waals surface area (Å²) in [5.41, 5.74) is 0. The van der Waals surface area contributed by atoms with Crippen molar-refractivity contribution in [3.05, 3.63) is 0 Å². The Balaban J connectivity index is 2.63. The zero-order valence-electron chi connectivity index (χ0n) is 4.69. The van der Waals surface area contributed by atoms with Crippen molar-refractivity contribution in [1.82, 2.24) is 0 Å². The standard InChI is InChI=1S/C4H10O/c1-4(2)3-5/h4-5H,3H2,1-2H3/i5D. The molecule has 0 saturated heterocycles. The molecule has 0 radical (unpaired) electrons. The molecule has 1 N–H and O–H groups in total. The maximum atomic E-state index is 6.23. The molecule has 0 amide bonds. The van der Waals surface area contributed by atoms with Gasteiger partial charge in [-0.15, -0.1) is 0 Å². The second-order valence-electron chi connectivity index (χ2n) is 1.56. The lowest BCUT2D eigenvalue weighted by Crippen LogP contribution is -1.90. The monoisotopic (exact) mass is 75.1 g/mol. The highest BCUT2D eigenvalue weighted by Crippen LogP contribution is 1.83. The smallest absolute Gasteiger partial charge is 0.210 e. The van der Waals surface area contributed by atoms with E-state index in [9.17, 15) is 0 Å². The van der Waals surface area contributed by atoms with Crippen molar-refractivity contribution in [3.63, 3.8) is 0 Å². The van der Waals surface area contributed by atoms with Crippen LogP contribution in [0.5, 0.6) is 0 Å². The van der Waals surface area contributed by atoms with Gasteiger partial charge in [0.25, 0.3) is 0 Å². The van der Waals surface area contributed by atoms with Gasteiger partial charge in [0.15, 0.2) is 0 Å². The first-order valence-electron chi connectivity index (χ1n) is 2.26. The molecule has 0 aromatic heterocycles. The van der Waals surface area contributed by atoms with Crippen LogP contribution in [0, 0.1) is 5.92 Å². The minimum absolute atomic E-state index is 0.488. The lowest BCUT2D eigenvalue weighted by atomic mass is 10.2. The normalized spacial score (nSPS) is 12.2. The second kappa shape index (κ2) is 2.21. The minimum atomic E-state index is 0.488. The summed E-state index contributed by atoms with van der Waals surface area (Å²) < 4.78 is 6.23. The molecule has 5 heavy (non-hydrogen) atoms. The van der Waals surface area contributed by atoms with Crippen molar-refractivity contribution in [1.29, 1.82) is 1.43 Å². The fourth-order valence-electron chi connectivity index (χ4n) is 0. The molecule has 0 unspecified atom stereocenters. The summed E-state index contributed by atoms with van der Waals surface area (Å²) in [4.78, 5) is 0. The summed E-state index contributed by atoms with van der Waals surface area (Å²) in [6.07, 6.45) is 0. The van der Waals surface area contributed by atoms with Gasteiger partial charge in [0, 0.05) is 6.61 Å². The molecule has 0 aliphatic carbocycles. The van der Waals surface area contributed by atoms with Crippen LogP contribution in [0.25, 0.3) is 0 Å². The average Bonchev–Trinajstić information content (AvgIpc) is 1.35. The first kappa shape index (κ1) is 3.16. The van der Waals surface area contributed by atoms with Crippen molar-refractivity contribution in [2.45, 2.75) is 13.8 Å². The van der Waals surface area contributed by atoms with Gasteiger partial charge in [-0.25, -0.2) is 0 Å². The second-order valence-corrected chi connectivity index (χ2v) is 1.56. The first-order chi connectivity index (χ1) is 2.77. The molecule has 0 heterocycles. The molecule has 0 spiro atoms. The average molecular weight is 75.1 g/mol. The predicted molar refractivity (Wildman–Crippen MR) is 21.9 cm³/mol. The zero-order chi connectivity index (χ0) is 4.99. The minimum Gasteiger partial charge on any atom is -0.396 e. The van der Waals surface area contributed by atoms with E-state index in [1.54, 1.807) is 0 Å². The van der Waals surface area contributed by atoms with E-state index in [0.717, 1.165) is 0 Å². The van der Waals surface area contributed by atoms with Crippen LogP contribution in [0.15, 0.2) is 0 Å². The SMILES string of the molecule is [2H]OCC(C)C. The molecule has 1 nitrogen and oxygen atoms in total. The topological polar surface area (TPSA) is 20.2 Å². The number of hydrogen-bond donors (Lipinski definition) is 1. The van der Waals surface area contributed by atoms with Gasteiger partial charge in [-0.05, 0) is 5.92 Å². The van der Waals surface area contributed by atoms with Crippen LogP contribution in [-0.2, 0) is 0 Å². The Morgan fingerprint density at radius 1 is 2.00 bits per heavy atom. The number of aliphatic hydroxyl groups excluding tert-OH is 1. The van der Waals surface area contributed by atoms with Crippen LogP contribution < -0.4 is 0 Å². The lowest BCUT2D eigenvalue weighted by Gasteiger charge is -1.90. The molecule has 0 fully saturated rings. The molecule has 1 heteroatoms. The third kappa shape index (κ3) is 3.96. The van der Waals surface area contributed by atoms with Crippen LogP contribution >= 0.6 is 0 Å². The Morgan fingerprint density at radius 2 is 2.60 bits per heavy atom. The zero-order valence-corrected chi connectivity index (χ0v) is 3.69. The molecule has 0 aromatic carbocycles. The van der Waals surface area contributed by atoms with Crippen LogP contribution in [0.1, 0.15) is 13.8 Å². The van der Waals surface area contributed by atoms with Gasteiger partial charge >= 0.3 is 0 Å². The van der Waals surface area contributed by atoms with Crippen LogP contribution in [0.2, 0.25) is 0 Å². The highest BCUT2D eigenvalue weighted by molar-refractivity contribution is 4.32. The van der Waals surface area contributed by atoms with Gasteiger partial charge in [-0.2, -0.15) is 0 Å². The Kier molecular flexibility index (Phi) is 1.40. The molecular weight excluding hydrogens is 64.0 g/mol. The summed E-state index contributed by atoms with van der Waals surface area (Å²) in [6, 6.07) is 0. The van der Waals surface area contributed by atoms with E-state index in [0.29, 0.717) is 12.5 Å². The summed E-state index contributed by atoms with van der Waals surface area (Å²) in [5.74, 6) is 0.488. The Bertz CT molecular complexity index is 28.7. The van der Waals surface area contributed by atoms with E-state index in [4.69, 9.17) is 1.43 Å². The molecule has 0 rings (SSSR count). The van der Waals surface area contributed by atoms with Crippen LogP contribution in [-0.4, -0.2) is 13.1 Å². The Morgan fingerprint density at radius 3 is 2.60 bits per heavy atom. The third-order valence-corrected chi connectivity index (χ3v) is 0.333. The van der Waals surface area contributed by atoms with Gasteiger partial charge in [-0.3, -0.25) is 0 Å². The van der Waals surface area contributed by atoms with Crippen molar-refractivity contribution in [3.8, 4) is 0 Å². The maximum absolute atomic E-state index is 6.23. The molecule has 32 valence electrons. The summed E-state index contributed by atoms with van der Waals surface area (Å²) in [6.45, 7) is 4.56. The summed E-state index contributed by atoms with van der Waals surface area (Å²) in [5, 5.41) is 4.05. The van der Waals surface area contributed by atoms with Gasteiger partial charge < -0.3 is 5.11 Å². The van der Waals surface area contributed by atoms with E-state index in [1.165, 1.54) is 0 Å². The van der Waals surface area contributed by atoms with Gasteiger partial charge in [0.1, 0.15) is 0 Å². The van der Waals surface area contributed by atoms with E-state index < -0.39 is 0 Å². The molecular formula is C4H10O. The molecule has 0 aliphatic rings. The highest BCUT2D eigenvalue weighted by atomic mass is 16.3. The number of hydrogen-bond acceptors (Lipinski definition) is 1. The Hall–Kier alpha value is -0.0400. The van der Waals surface area contributed by atoms with Gasteiger partial charge in [0.05, 0.1) is 0 Å². The third-order valence-electron chi connectivity index (χ3n) is 0.333. The highest BCUT2D eigenvalue weighted by Gasteiger charge is 1.81. The van der Waals surface area contributed by atoms with Crippen LogP contribution in [0.3, 0.4) is 0 Å². The fourth-order valence-corrected chi connectivity index (χ4v) is 0. The van der Waals surface area contributed by atoms with Crippen molar-refractivity contribution >= 4 is 0 Å². The first-order valence-corrected chi connectivity index (χ1v) is 1.85. The number of aliphatic hydroxyl groups is 1. The summed E-state index contributed by atoms with van der Waals surface area (Å²) >= 11 is 0. The quantitative estimate of drug-likeness (QED) is 0.510. The molecule has 0 bridgehead atoms. The predicted octanol–water partition coefficient (Wildman–Crippen LogP) is 0.635. The van der Waals surface area contributed by atoms with E-state index in [-0.39, 0.29) is 0 Å². The molecule has 0 aromatic rings. The van der Waals surface area contributed by atoms with Gasteiger partial charge in [0.2, 0.25) is 1.43 Å². The van der Waals surface area contributed by atoms with Crippen LogP contribution in [0.4, 0.5) is 0 Å². The fraction of sp³-hybridized carbons (Fsp3) is 1.00. The maximum Gasteiger partial charge on any atom is 0.210 e. The van der Waals surface area contributed by atoms with Crippen molar-refractivity contribution in [2.24, 2.45) is 5.92 Å². The number of rotatable bonds is 2. The molecule has 0 saturated carbocycles. The summed E-state index contributed by atoms with van der Waals surface area (Å²) in [7, 11) is 0. The molecule has 0 aliphatic heterocycles. The lowest BCUT2D eigenvalue weighted by molar-refractivity contribution is 0.248. The van der Waals surface area contributed by atoms with E-state index in [1.807, 2.05) is 13.8 Å². The van der Waals surface area contributed by atoms with E-state index in [2.05, 4.69) is 5.11 Å². The van der Waals surface area contributed by atoms with Crippen molar-refractivity contribution < 1.29 is 5.11 Å². The largest absolute Gasteiger partial charge is 0.396 e. The van der Waals surface area contributed by atoms with E-state index >= 15 is 0 Å². The van der Waals surface area contributed by atoms with Crippen molar-refractivity contribution in [2.75, 3.05) is 6.61 Å². The van der Waals surface area contributed by atoms with Gasteiger partial charge in [-0.1, -0.05) is 13.8 Å².